The van der Waals surface area contributed by atoms with E-state index >= 15 is 0 Å². The van der Waals surface area contributed by atoms with Crippen molar-refractivity contribution >= 4 is 27.3 Å². The molecule has 11 heteroatoms. The summed E-state index contributed by atoms with van der Waals surface area (Å²) in [5.41, 5.74) is 1.17. The van der Waals surface area contributed by atoms with Crippen LogP contribution in [0, 0.1) is 6.92 Å². The second-order valence-electron chi connectivity index (χ2n) is 7.12. The van der Waals surface area contributed by atoms with Crippen LogP contribution in [0.1, 0.15) is 5.56 Å². The number of halogens is 3. The summed E-state index contributed by atoms with van der Waals surface area (Å²) >= 11 is 0. The lowest BCUT2D eigenvalue weighted by molar-refractivity contribution is -0.274. The Hall–Kier alpha value is -3.73. The van der Waals surface area contributed by atoms with Crippen molar-refractivity contribution in [2.24, 2.45) is 0 Å². The first-order valence-electron chi connectivity index (χ1n) is 9.88. The first kappa shape index (κ1) is 24.9. The number of sulfonamides is 1. The number of rotatable bonds is 8. The maximum absolute atomic E-state index is 13.4. The molecular weight excluding hydrogens is 473 g/mol. The molecule has 3 aromatic carbocycles. The van der Waals surface area contributed by atoms with E-state index in [1.807, 2.05) is 6.92 Å². The second kappa shape index (κ2) is 10.0. The number of nitrogens with zero attached hydrogens (tertiary/aromatic N) is 1. The van der Waals surface area contributed by atoms with Gasteiger partial charge in [0.1, 0.15) is 18.0 Å². The molecule has 0 heterocycles. The van der Waals surface area contributed by atoms with Crippen molar-refractivity contribution in [1.82, 2.24) is 0 Å². The molecule has 0 unspecified atom stereocenters. The van der Waals surface area contributed by atoms with E-state index in [4.69, 9.17) is 4.74 Å². The van der Waals surface area contributed by atoms with Gasteiger partial charge >= 0.3 is 6.36 Å². The average molecular weight is 494 g/mol. The molecule has 0 aromatic heterocycles. The highest BCUT2D eigenvalue weighted by Crippen LogP contribution is 2.32. The van der Waals surface area contributed by atoms with Gasteiger partial charge < -0.3 is 14.8 Å². The number of aryl methyl sites for hydroxylation is 1. The third-order valence-corrected chi connectivity index (χ3v) is 6.40. The Morgan fingerprint density at radius 1 is 0.971 bits per heavy atom. The van der Waals surface area contributed by atoms with E-state index in [1.165, 1.54) is 37.4 Å². The molecule has 3 aromatic rings. The Kier molecular flexibility index (Phi) is 7.35. The quantitative estimate of drug-likeness (QED) is 0.489. The molecule has 0 fully saturated rings. The summed E-state index contributed by atoms with van der Waals surface area (Å²) in [7, 11) is -2.80. The summed E-state index contributed by atoms with van der Waals surface area (Å²) in [4.78, 5) is 12.7. The summed E-state index contributed by atoms with van der Waals surface area (Å²) in [6.07, 6.45) is -4.84. The van der Waals surface area contributed by atoms with Gasteiger partial charge in [0.2, 0.25) is 5.91 Å². The summed E-state index contributed by atoms with van der Waals surface area (Å²) in [5.74, 6) is -0.936. The number of anilines is 2. The molecule has 0 aliphatic carbocycles. The molecule has 3 rings (SSSR count). The van der Waals surface area contributed by atoms with E-state index in [0.717, 1.165) is 22.0 Å². The maximum Gasteiger partial charge on any atom is 0.573 e. The largest absolute Gasteiger partial charge is 0.573 e. The van der Waals surface area contributed by atoms with Crippen LogP contribution >= 0.6 is 0 Å². The van der Waals surface area contributed by atoms with Gasteiger partial charge in [-0.1, -0.05) is 29.8 Å². The lowest BCUT2D eigenvalue weighted by atomic mass is 10.2. The Balaban J connectivity index is 1.88. The van der Waals surface area contributed by atoms with Crippen molar-refractivity contribution in [3.05, 3.63) is 78.4 Å². The number of ether oxygens (including phenoxy) is 2. The van der Waals surface area contributed by atoms with Crippen LogP contribution in [-0.4, -0.2) is 34.3 Å². The van der Waals surface area contributed by atoms with Crippen molar-refractivity contribution in [1.29, 1.82) is 0 Å². The number of alkyl halides is 3. The van der Waals surface area contributed by atoms with Crippen LogP contribution < -0.4 is 19.1 Å². The molecule has 7 nitrogen and oxygen atoms in total. The first-order chi connectivity index (χ1) is 16.0. The number of carbonyl (C=O) groups is 1. The summed E-state index contributed by atoms with van der Waals surface area (Å²) in [6, 6.07) is 16.9. The van der Waals surface area contributed by atoms with E-state index in [1.54, 1.807) is 30.3 Å². The highest BCUT2D eigenvalue weighted by Gasteiger charge is 2.31. The fourth-order valence-electron chi connectivity index (χ4n) is 3.04. The number of benzene rings is 3. The monoisotopic (exact) mass is 494 g/mol. The van der Waals surface area contributed by atoms with Crippen LogP contribution in [-0.2, 0) is 14.8 Å². The highest BCUT2D eigenvalue weighted by molar-refractivity contribution is 7.92. The van der Waals surface area contributed by atoms with Crippen LogP contribution in [0.2, 0.25) is 0 Å². The van der Waals surface area contributed by atoms with Gasteiger partial charge in [-0.25, -0.2) is 8.42 Å². The molecule has 180 valence electrons. The predicted octanol–water partition coefficient (Wildman–Crippen LogP) is 4.74. The van der Waals surface area contributed by atoms with E-state index in [9.17, 15) is 26.4 Å². The predicted molar refractivity (Wildman–Crippen MR) is 120 cm³/mol. The summed E-state index contributed by atoms with van der Waals surface area (Å²) in [5, 5.41) is 2.48. The minimum Gasteiger partial charge on any atom is -0.495 e. The normalized spacial score (nSPS) is 11.6. The first-order valence-corrected chi connectivity index (χ1v) is 11.3. The van der Waals surface area contributed by atoms with Crippen LogP contribution in [0.4, 0.5) is 24.5 Å². The van der Waals surface area contributed by atoms with Crippen molar-refractivity contribution in [3.63, 3.8) is 0 Å². The van der Waals surface area contributed by atoms with Gasteiger partial charge in [-0.3, -0.25) is 9.10 Å². The van der Waals surface area contributed by atoms with Gasteiger partial charge in [0.05, 0.1) is 17.7 Å². The Bertz CT molecular complexity index is 1240. The van der Waals surface area contributed by atoms with Crippen molar-refractivity contribution < 1.29 is 35.9 Å². The molecular formula is C23H21F3N2O5S. The van der Waals surface area contributed by atoms with E-state index in [-0.39, 0.29) is 22.0 Å². The van der Waals surface area contributed by atoms with Gasteiger partial charge in [-0.05, 0) is 55.5 Å². The molecule has 1 amide bonds. The third kappa shape index (κ3) is 6.19. The van der Waals surface area contributed by atoms with Crippen LogP contribution in [0.5, 0.6) is 11.5 Å². The fourth-order valence-corrected chi connectivity index (χ4v) is 4.48. The molecule has 0 saturated heterocycles. The van der Waals surface area contributed by atoms with Crippen molar-refractivity contribution in [3.8, 4) is 11.5 Å². The smallest absolute Gasteiger partial charge is 0.495 e. The minimum absolute atomic E-state index is 0.0227. The van der Waals surface area contributed by atoms with Gasteiger partial charge in [0, 0.05) is 5.69 Å². The maximum atomic E-state index is 13.4. The zero-order valence-electron chi connectivity index (χ0n) is 18.2. The van der Waals surface area contributed by atoms with E-state index in [0.29, 0.717) is 0 Å². The number of para-hydroxylation sites is 2. The molecule has 0 bridgehead atoms. The molecule has 0 spiro atoms. The molecule has 0 aliphatic heterocycles. The molecule has 0 atom stereocenters. The van der Waals surface area contributed by atoms with Crippen LogP contribution in [0.15, 0.2) is 77.7 Å². The summed E-state index contributed by atoms with van der Waals surface area (Å²) in [6.45, 7) is 1.20. The number of carbonyl (C=O) groups excluding carboxylic acids is 1. The van der Waals surface area contributed by atoms with Crippen LogP contribution in [0.3, 0.4) is 0 Å². The van der Waals surface area contributed by atoms with E-state index in [2.05, 4.69) is 10.1 Å². The number of hydrogen-bond acceptors (Lipinski definition) is 5. The Morgan fingerprint density at radius 3 is 2.18 bits per heavy atom. The zero-order chi connectivity index (χ0) is 24.9. The Morgan fingerprint density at radius 2 is 1.59 bits per heavy atom. The highest BCUT2D eigenvalue weighted by atomic mass is 32.2. The second-order valence-corrected chi connectivity index (χ2v) is 8.98. The Labute approximate surface area is 194 Å². The molecule has 0 saturated carbocycles. The van der Waals surface area contributed by atoms with E-state index < -0.39 is 34.6 Å². The molecule has 1 N–H and O–H groups in total. The molecule has 34 heavy (non-hydrogen) atoms. The lowest BCUT2D eigenvalue weighted by Gasteiger charge is -2.25. The zero-order valence-corrected chi connectivity index (χ0v) is 19.0. The topological polar surface area (TPSA) is 84.9 Å². The van der Waals surface area contributed by atoms with Gasteiger partial charge in [-0.15, -0.1) is 13.2 Å². The fraction of sp³-hybridized carbons (Fsp3) is 0.174. The third-order valence-electron chi connectivity index (χ3n) is 4.62. The standard InChI is InChI=1S/C23H21F3N2O5S/c1-16-7-13-19(14-8-16)34(30,31)28(20-5-3-4-6-21(20)32-2)15-22(29)27-17-9-11-18(12-10-17)33-23(24,25)26/h3-14H,15H2,1-2H3,(H,27,29). The number of nitrogens with one attached hydrogen (secondary N) is 1. The van der Waals surface area contributed by atoms with Gasteiger partial charge in [0.25, 0.3) is 10.0 Å². The number of methoxy groups -OCH3 is 1. The SMILES string of the molecule is COc1ccccc1N(CC(=O)Nc1ccc(OC(F)(F)F)cc1)S(=O)(=O)c1ccc(C)cc1. The minimum atomic E-state index is -4.84. The number of amides is 1. The molecule has 0 aliphatic rings. The number of hydrogen-bond donors (Lipinski definition) is 1. The average Bonchev–Trinajstić information content (AvgIpc) is 2.78. The van der Waals surface area contributed by atoms with Crippen molar-refractivity contribution in [2.45, 2.75) is 18.2 Å². The van der Waals surface area contributed by atoms with Gasteiger partial charge in [0.15, 0.2) is 0 Å². The van der Waals surface area contributed by atoms with Crippen LogP contribution in [0.25, 0.3) is 0 Å². The lowest BCUT2D eigenvalue weighted by Crippen LogP contribution is -2.38. The van der Waals surface area contributed by atoms with Crippen molar-refractivity contribution in [2.75, 3.05) is 23.3 Å². The summed E-state index contributed by atoms with van der Waals surface area (Å²) < 4.78 is 73.9. The molecule has 0 radical (unpaired) electrons. The van der Waals surface area contributed by atoms with Gasteiger partial charge in [-0.2, -0.15) is 0 Å².